The van der Waals surface area contributed by atoms with Crippen LogP contribution in [0, 0.1) is 0 Å². The van der Waals surface area contributed by atoms with Gasteiger partial charge in [0, 0.05) is 23.7 Å². The van der Waals surface area contributed by atoms with Crippen LogP contribution in [0.15, 0.2) is 29.4 Å². The number of rotatable bonds is 4. The predicted molar refractivity (Wildman–Crippen MR) is 79.1 cm³/mol. The number of benzene rings is 1. The number of morpholine rings is 1. The van der Waals surface area contributed by atoms with E-state index in [0.717, 1.165) is 18.7 Å². The van der Waals surface area contributed by atoms with Crippen molar-refractivity contribution >= 4 is 23.2 Å². The lowest BCUT2D eigenvalue weighted by molar-refractivity contribution is -0.123. The van der Waals surface area contributed by atoms with Crippen molar-refractivity contribution in [3.05, 3.63) is 34.9 Å². The fourth-order valence-electron chi connectivity index (χ4n) is 1.96. The van der Waals surface area contributed by atoms with E-state index in [2.05, 4.69) is 10.5 Å². The van der Waals surface area contributed by atoms with Gasteiger partial charge in [-0.15, -0.1) is 0 Å². The molecule has 0 aliphatic carbocycles. The third kappa shape index (κ3) is 4.30. The molecule has 1 heterocycles. The SMILES string of the molecule is C/C(=N\NC(=O)CN1CCOCC1)c1ccccc1Cl. The molecule has 5 nitrogen and oxygen atoms in total. The number of hydrogen-bond acceptors (Lipinski definition) is 4. The number of nitrogens with zero attached hydrogens (tertiary/aromatic N) is 2. The van der Waals surface area contributed by atoms with Crippen molar-refractivity contribution in [1.29, 1.82) is 0 Å². The van der Waals surface area contributed by atoms with Crippen molar-refractivity contribution in [3.8, 4) is 0 Å². The molecule has 1 fully saturated rings. The quantitative estimate of drug-likeness (QED) is 0.677. The Balaban J connectivity index is 1.88. The minimum atomic E-state index is -0.127. The highest BCUT2D eigenvalue weighted by atomic mass is 35.5. The van der Waals surface area contributed by atoms with Gasteiger partial charge >= 0.3 is 0 Å². The second-order valence-electron chi connectivity index (χ2n) is 4.60. The van der Waals surface area contributed by atoms with E-state index < -0.39 is 0 Å². The van der Waals surface area contributed by atoms with Crippen LogP contribution in [0.2, 0.25) is 5.02 Å². The largest absolute Gasteiger partial charge is 0.379 e. The van der Waals surface area contributed by atoms with Crippen molar-refractivity contribution in [2.24, 2.45) is 5.10 Å². The highest BCUT2D eigenvalue weighted by molar-refractivity contribution is 6.34. The van der Waals surface area contributed by atoms with Crippen LogP contribution in [0.25, 0.3) is 0 Å². The Hall–Kier alpha value is -1.43. The fourth-order valence-corrected chi connectivity index (χ4v) is 2.23. The standard InChI is InChI=1S/C14H18ClN3O2/c1-11(12-4-2-3-5-13(12)15)16-17-14(19)10-18-6-8-20-9-7-18/h2-5H,6-10H2,1H3,(H,17,19)/b16-11+. The number of carbonyl (C=O) groups excluding carboxylic acids is 1. The van der Waals surface area contributed by atoms with Crippen LogP contribution >= 0.6 is 11.6 Å². The smallest absolute Gasteiger partial charge is 0.254 e. The summed E-state index contributed by atoms with van der Waals surface area (Å²) in [5.74, 6) is -0.127. The third-order valence-electron chi connectivity index (χ3n) is 3.08. The van der Waals surface area contributed by atoms with E-state index >= 15 is 0 Å². The van der Waals surface area contributed by atoms with E-state index in [1.165, 1.54) is 0 Å². The number of hydrazone groups is 1. The van der Waals surface area contributed by atoms with Crippen LogP contribution in [-0.4, -0.2) is 49.4 Å². The first kappa shape index (κ1) is 15.0. The van der Waals surface area contributed by atoms with E-state index in [1.807, 2.05) is 30.0 Å². The van der Waals surface area contributed by atoms with E-state index in [9.17, 15) is 4.79 Å². The Kier molecular flexibility index (Phi) is 5.52. The summed E-state index contributed by atoms with van der Waals surface area (Å²) in [5.41, 5.74) is 4.07. The first-order valence-electron chi connectivity index (χ1n) is 6.55. The lowest BCUT2D eigenvalue weighted by atomic mass is 10.1. The molecular weight excluding hydrogens is 278 g/mol. The second-order valence-corrected chi connectivity index (χ2v) is 5.01. The molecule has 1 saturated heterocycles. The summed E-state index contributed by atoms with van der Waals surface area (Å²) in [4.78, 5) is 13.8. The number of ether oxygens (including phenoxy) is 1. The number of amides is 1. The van der Waals surface area contributed by atoms with E-state index in [1.54, 1.807) is 6.07 Å². The average Bonchev–Trinajstić information content (AvgIpc) is 2.46. The van der Waals surface area contributed by atoms with Gasteiger partial charge in [-0.2, -0.15) is 5.10 Å². The number of halogens is 1. The molecule has 0 aromatic heterocycles. The summed E-state index contributed by atoms with van der Waals surface area (Å²) in [5, 5.41) is 4.72. The van der Waals surface area contributed by atoms with Crippen LogP contribution in [0.5, 0.6) is 0 Å². The molecule has 1 aliphatic rings. The molecule has 1 N–H and O–H groups in total. The first-order valence-corrected chi connectivity index (χ1v) is 6.93. The highest BCUT2D eigenvalue weighted by Gasteiger charge is 2.13. The Morgan fingerprint density at radius 2 is 2.10 bits per heavy atom. The molecule has 1 aliphatic heterocycles. The van der Waals surface area contributed by atoms with Gasteiger partial charge in [0.15, 0.2) is 0 Å². The summed E-state index contributed by atoms with van der Waals surface area (Å²) in [6.45, 7) is 5.06. The third-order valence-corrected chi connectivity index (χ3v) is 3.41. The molecule has 2 rings (SSSR count). The normalized spacial score (nSPS) is 17.0. The number of carbonyl (C=O) groups is 1. The lowest BCUT2D eigenvalue weighted by Gasteiger charge is -2.25. The molecule has 1 amide bonds. The maximum atomic E-state index is 11.8. The summed E-state index contributed by atoms with van der Waals surface area (Å²) in [6.07, 6.45) is 0. The van der Waals surface area contributed by atoms with Gasteiger partial charge < -0.3 is 4.74 Å². The first-order chi connectivity index (χ1) is 9.66. The molecule has 6 heteroatoms. The van der Waals surface area contributed by atoms with Gasteiger partial charge in [-0.25, -0.2) is 5.43 Å². The topological polar surface area (TPSA) is 53.9 Å². The molecule has 108 valence electrons. The lowest BCUT2D eigenvalue weighted by Crippen LogP contribution is -2.42. The number of hydrogen-bond donors (Lipinski definition) is 1. The van der Waals surface area contributed by atoms with Crippen molar-refractivity contribution in [2.45, 2.75) is 6.92 Å². The second kappa shape index (κ2) is 7.38. The van der Waals surface area contributed by atoms with Crippen LogP contribution < -0.4 is 5.43 Å². The van der Waals surface area contributed by atoms with Gasteiger partial charge in [0.1, 0.15) is 0 Å². The van der Waals surface area contributed by atoms with Gasteiger partial charge in [-0.1, -0.05) is 29.8 Å². The van der Waals surface area contributed by atoms with Gasteiger partial charge in [0.25, 0.3) is 5.91 Å². The maximum absolute atomic E-state index is 11.8. The highest BCUT2D eigenvalue weighted by Crippen LogP contribution is 2.15. The Labute approximate surface area is 123 Å². The molecule has 0 spiro atoms. The van der Waals surface area contributed by atoms with Gasteiger partial charge in [0.05, 0.1) is 25.5 Å². The summed E-state index contributed by atoms with van der Waals surface area (Å²) in [7, 11) is 0. The molecule has 20 heavy (non-hydrogen) atoms. The zero-order chi connectivity index (χ0) is 14.4. The summed E-state index contributed by atoms with van der Waals surface area (Å²) in [6, 6.07) is 7.41. The molecular formula is C14H18ClN3O2. The van der Waals surface area contributed by atoms with Crippen molar-refractivity contribution in [1.82, 2.24) is 10.3 Å². The molecule has 0 radical (unpaired) electrons. The molecule has 1 aromatic carbocycles. The monoisotopic (exact) mass is 295 g/mol. The molecule has 0 atom stereocenters. The fraction of sp³-hybridized carbons (Fsp3) is 0.429. The van der Waals surface area contributed by atoms with Gasteiger partial charge in [-0.3, -0.25) is 9.69 Å². The predicted octanol–water partition coefficient (Wildman–Crippen LogP) is 1.51. The molecule has 0 unspecified atom stereocenters. The van der Waals surface area contributed by atoms with E-state index in [4.69, 9.17) is 16.3 Å². The Bertz CT molecular complexity index is 499. The van der Waals surface area contributed by atoms with Crippen molar-refractivity contribution < 1.29 is 9.53 Å². The van der Waals surface area contributed by atoms with E-state index in [0.29, 0.717) is 30.5 Å². The van der Waals surface area contributed by atoms with Crippen LogP contribution in [-0.2, 0) is 9.53 Å². The zero-order valence-corrected chi connectivity index (χ0v) is 12.2. The molecule has 0 saturated carbocycles. The average molecular weight is 296 g/mol. The molecule has 1 aromatic rings. The van der Waals surface area contributed by atoms with Crippen LogP contribution in [0.1, 0.15) is 12.5 Å². The van der Waals surface area contributed by atoms with Crippen molar-refractivity contribution in [2.75, 3.05) is 32.8 Å². The van der Waals surface area contributed by atoms with Crippen LogP contribution in [0.4, 0.5) is 0 Å². The number of nitrogens with one attached hydrogen (secondary N) is 1. The minimum Gasteiger partial charge on any atom is -0.379 e. The van der Waals surface area contributed by atoms with Crippen molar-refractivity contribution in [3.63, 3.8) is 0 Å². The molecule has 0 bridgehead atoms. The van der Waals surface area contributed by atoms with E-state index in [-0.39, 0.29) is 5.91 Å². The summed E-state index contributed by atoms with van der Waals surface area (Å²) < 4.78 is 5.23. The minimum absolute atomic E-state index is 0.127. The Morgan fingerprint density at radius 1 is 1.40 bits per heavy atom. The van der Waals surface area contributed by atoms with Gasteiger partial charge in [0.2, 0.25) is 0 Å². The maximum Gasteiger partial charge on any atom is 0.254 e. The summed E-state index contributed by atoms with van der Waals surface area (Å²) >= 11 is 6.07. The zero-order valence-electron chi connectivity index (χ0n) is 11.4. The van der Waals surface area contributed by atoms with Crippen LogP contribution in [0.3, 0.4) is 0 Å². The van der Waals surface area contributed by atoms with Gasteiger partial charge in [-0.05, 0) is 13.0 Å². The Morgan fingerprint density at radius 3 is 2.80 bits per heavy atom.